The minimum absolute atomic E-state index is 0.0442. The first-order chi connectivity index (χ1) is 8.25. The first-order valence-corrected chi connectivity index (χ1v) is 6.18. The number of hydrogen-bond acceptors (Lipinski definition) is 4. The minimum atomic E-state index is -0.0615. The Bertz CT molecular complexity index is 368. The molecule has 0 aliphatic carbocycles. The standard InChI is InChI=1S/C12H19N3O2/c1-9-7-14-11(17-9)8-15-12(16)10-5-3-2-4-6-13-10/h7,10,13H,2-6,8H2,1H3,(H,15,16). The van der Waals surface area contributed by atoms with Gasteiger partial charge in [-0.15, -0.1) is 0 Å². The third kappa shape index (κ3) is 3.56. The van der Waals surface area contributed by atoms with Gasteiger partial charge in [0.15, 0.2) is 0 Å². The van der Waals surface area contributed by atoms with Crippen LogP contribution in [0.4, 0.5) is 0 Å². The molecule has 1 aromatic heterocycles. The molecular formula is C12H19N3O2. The number of carbonyl (C=O) groups excluding carboxylic acids is 1. The first kappa shape index (κ1) is 12.1. The van der Waals surface area contributed by atoms with Crippen molar-refractivity contribution in [2.45, 2.75) is 45.2 Å². The van der Waals surface area contributed by atoms with Crippen LogP contribution in [0, 0.1) is 6.92 Å². The molecule has 0 spiro atoms. The molecular weight excluding hydrogens is 218 g/mol. The smallest absolute Gasteiger partial charge is 0.237 e. The molecule has 1 saturated heterocycles. The number of nitrogens with zero attached hydrogens (tertiary/aromatic N) is 1. The van der Waals surface area contributed by atoms with Gasteiger partial charge in [0.1, 0.15) is 5.76 Å². The van der Waals surface area contributed by atoms with Gasteiger partial charge in [0.2, 0.25) is 11.8 Å². The van der Waals surface area contributed by atoms with Crippen molar-refractivity contribution in [3.05, 3.63) is 17.8 Å². The van der Waals surface area contributed by atoms with E-state index < -0.39 is 0 Å². The van der Waals surface area contributed by atoms with Gasteiger partial charge in [0.05, 0.1) is 18.8 Å². The second kappa shape index (κ2) is 5.82. The summed E-state index contributed by atoms with van der Waals surface area (Å²) in [6.07, 6.45) is 6.05. The van der Waals surface area contributed by atoms with Gasteiger partial charge in [-0.2, -0.15) is 0 Å². The van der Waals surface area contributed by atoms with Gasteiger partial charge in [-0.3, -0.25) is 4.79 Å². The molecule has 0 saturated carbocycles. The molecule has 0 aromatic carbocycles. The number of nitrogens with one attached hydrogen (secondary N) is 2. The van der Waals surface area contributed by atoms with Crippen molar-refractivity contribution in [1.29, 1.82) is 0 Å². The number of aryl methyl sites for hydroxylation is 1. The van der Waals surface area contributed by atoms with Gasteiger partial charge < -0.3 is 15.1 Å². The molecule has 1 atom stereocenters. The molecule has 0 radical (unpaired) electrons. The van der Waals surface area contributed by atoms with Crippen LogP contribution < -0.4 is 10.6 Å². The fourth-order valence-electron chi connectivity index (χ4n) is 2.02. The van der Waals surface area contributed by atoms with Crippen LogP contribution in [0.1, 0.15) is 37.3 Å². The van der Waals surface area contributed by atoms with Crippen molar-refractivity contribution in [3.63, 3.8) is 0 Å². The van der Waals surface area contributed by atoms with Crippen LogP contribution in [0.5, 0.6) is 0 Å². The van der Waals surface area contributed by atoms with Crippen molar-refractivity contribution in [3.8, 4) is 0 Å². The molecule has 2 heterocycles. The number of amides is 1. The van der Waals surface area contributed by atoms with Gasteiger partial charge in [0.25, 0.3) is 0 Å². The van der Waals surface area contributed by atoms with Crippen molar-refractivity contribution in [2.24, 2.45) is 0 Å². The summed E-state index contributed by atoms with van der Waals surface area (Å²) in [5.41, 5.74) is 0. The lowest BCUT2D eigenvalue weighted by Gasteiger charge is -2.14. The van der Waals surface area contributed by atoms with E-state index in [-0.39, 0.29) is 11.9 Å². The normalized spacial score (nSPS) is 20.9. The van der Waals surface area contributed by atoms with Crippen LogP contribution in [0.3, 0.4) is 0 Å². The van der Waals surface area contributed by atoms with E-state index in [0.717, 1.165) is 31.6 Å². The highest BCUT2D eigenvalue weighted by molar-refractivity contribution is 5.81. The fraction of sp³-hybridized carbons (Fsp3) is 0.667. The highest BCUT2D eigenvalue weighted by Gasteiger charge is 2.19. The number of oxazole rings is 1. The molecule has 1 aromatic rings. The summed E-state index contributed by atoms with van der Waals surface area (Å²) < 4.78 is 5.30. The molecule has 17 heavy (non-hydrogen) atoms. The number of rotatable bonds is 3. The quantitative estimate of drug-likeness (QED) is 0.827. The first-order valence-electron chi connectivity index (χ1n) is 6.18. The zero-order valence-electron chi connectivity index (χ0n) is 10.2. The van der Waals surface area contributed by atoms with E-state index in [2.05, 4.69) is 15.6 Å². The third-order valence-corrected chi connectivity index (χ3v) is 2.96. The highest BCUT2D eigenvalue weighted by Crippen LogP contribution is 2.08. The maximum Gasteiger partial charge on any atom is 0.237 e. The van der Waals surface area contributed by atoms with Crippen LogP contribution in [-0.4, -0.2) is 23.5 Å². The monoisotopic (exact) mass is 237 g/mol. The zero-order valence-corrected chi connectivity index (χ0v) is 10.2. The average Bonchev–Trinajstić information content (AvgIpc) is 2.58. The molecule has 0 bridgehead atoms. The van der Waals surface area contributed by atoms with E-state index in [4.69, 9.17) is 4.42 Å². The third-order valence-electron chi connectivity index (χ3n) is 2.96. The molecule has 1 aliphatic heterocycles. The minimum Gasteiger partial charge on any atom is -0.444 e. The van der Waals surface area contributed by atoms with Crippen molar-refractivity contribution < 1.29 is 9.21 Å². The predicted molar refractivity (Wildman–Crippen MR) is 63.3 cm³/mol. The summed E-state index contributed by atoms with van der Waals surface area (Å²) in [5.74, 6) is 1.37. The van der Waals surface area contributed by atoms with Crippen molar-refractivity contribution >= 4 is 5.91 Å². The van der Waals surface area contributed by atoms with Crippen LogP contribution in [-0.2, 0) is 11.3 Å². The van der Waals surface area contributed by atoms with Crippen molar-refractivity contribution in [2.75, 3.05) is 6.54 Å². The average molecular weight is 237 g/mol. The molecule has 94 valence electrons. The van der Waals surface area contributed by atoms with E-state index in [1.165, 1.54) is 6.42 Å². The van der Waals surface area contributed by atoms with E-state index in [0.29, 0.717) is 12.4 Å². The van der Waals surface area contributed by atoms with Gasteiger partial charge in [-0.05, 0) is 26.3 Å². The molecule has 1 amide bonds. The summed E-state index contributed by atoms with van der Waals surface area (Å²) >= 11 is 0. The Morgan fingerprint density at radius 3 is 3.24 bits per heavy atom. The van der Waals surface area contributed by atoms with Crippen LogP contribution >= 0.6 is 0 Å². The molecule has 1 aliphatic rings. The van der Waals surface area contributed by atoms with Gasteiger partial charge in [-0.1, -0.05) is 12.8 Å². The van der Waals surface area contributed by atoms with Gasteiger partial charge in [-0.25, -0.2) is 4.98 Å². The number of hydrogen-bond donors (Lipinski definition) is 2. The maximum absolute atomic E-state index is 11.9. The second-order valence-corrected chi connectivity index (χ2v) is 4.44. The van der Waals surface area contributed by atoms with Crippen molar-refractivity contribution in [1.82, 2.24) is 15.6 Å². The molecule has 2 rings (SSSR count). The largest absolute Gasteiger partial charge is 0.444 e. The Balaban J connectivity index is 1.79. The van der Waals surface area contributed by atoms with Crippen LogP contribution in [0.2, 0.25) is 0 Å². The molecule has 5 nitrogen and oxygen atoms in total. The van der Waals surface area contributed by atoms with E-state index in [9.17, 15) is 4.79 Å². The van der Waals surface area contributed by atoms with Gasteiger partial charge in [0, 0.05) is 0 Å². The molecule has 5 heteroatoms. The zero-order chi connectivity index (χ0) is 12.1. The number of carbonyl (C=O) groups is 1. The lowest BCUT2D eigenvalue weighted by Crippen LogP contribution is -2.43. The van der Waals surface area contributed by atoms with E-state index >= 15 is 0 Å². The van der Waals surface area contributed by atoms with Gasteiger partial charge >= 0.3 is 0 Å². The van der Waals surface area contributed by atoms with E-state index in [1.54, 1.807) is 6.20 Å². The lowest BCUT2D eigenvalue weighted by molar-refractivity contribution is -0.123. The lowest BCUT2D eigenvalue weighted by atomic mass is 10.1. The van der Waals surface area contributed by atoms with Crippen LogP contribution in [0.15, 0.2) is 10.6 Å². The topological polar surface area (TPSA) is 67.2 Å². The van der Waals surface area contributed by atoms with E-state index in [1.807, 2.05) is 6.92 Å². The maximum atomic E-state index is 11.9. The molecule has 2 N–H and O–H groups in total. The summed E-state index contributed by atoms with van der Waals surface area (Å²) in [6.45, 7) is 3.13. The predicted octanol–water partition coefficient (Wildman–Crippen LogP) is 1.13. The summed E-state index contributed by atoms with van der Waals surface area (Å²) in [6, 6.07) is -0.0615. The second-order valence-electron chi connectivity index (χ2n) is 4.44. The Kier molecular flexibility index (Phi) is 4.14. The molecule has 1 fully saturated rings. The summed E-state index contributed by atoms with van der Waals surface area (Å²) in [7, 11) is 0. The Morgan fingerprint density at radius 1 is 1.59 bits per heavy atom. The Morgan fingerprint density at radius 2 is 2.47 bits per heavy atom. The summed E-state index contributed by atoms with van der Waals surface area (Å²) in [5, 5.41) is 6.11. The Labute approximate surface area is 101 Å². The van der Waals surface area contributed by atoms with Crippen LogP contribution in [0.25, 0.3) is 0 Å². The highest BCUT2D eigenvalue weighted by atomic mass is 16.4. The SMILES string of the molecule is Cc1cnc(CNC(=O)C2CCCCCN2)o1. The summed E-state index contributed by atoms with van der Waals surface area (Å²) in [4.78, 5) is 15.9. The molecule has 1 unspecified atom stereocenters. The Hall–Kier alpha value is -1.36. The fourth-order valence-corrected chi connectivity index (χ4v) is 2.02. The number of aromatic nitrogens is 1.